The van der Waals surface area contributed by atoms with Gasteiger partial charge in [-0.15, -0.1) is 0 Å². The van der Waals surface area contributed by atoms with Gasteiger partial charge >= 0.3 is 18.2 Å². The molecule has 0 aliphatic heterocycles. The summed E-state index contributed by atoms with van der Waals surface area (Å²) in [6.45, 7) is 6.81. The Kier molecular flexibility index (Phi) is 19.7. The summed E-state index contributed by atoms with van der Waals surface area (Å²) in [5, 5.41) is 10.8. The van der Waals surface area contributed by atoms with Gasteiger partial charge in [-0.2, -0.15) is 0 Å². The van der Waals surface area contributed by atoms with Crippen molar-refractivity contribution in [1.82, 2.24) is 25.8 Å². The van der Waals surface area contributed by atoms with Crippen molar-refractivity contribution in [2.75, 3.05) is 52.2 Å². The van der Waals surface area contributed by atoms with Gasteiger partial charge in [-0.3, -0.25) is 14.4 Å². The molecule has 16 nitrogen and oxygen atoms in total. The zero-order valence-electron chi connectivity index (χ0n) is 28.8. The molecule has 0 bridgehead atoms. The van der Waals surface area contributed by atoms with Crippen LogP contribution in [-0.2, 0) is 30.5 Å². The van der Waals surface area contributed by atoms with Crippen molar-refractivity contribution < 1.29 is 38.2 Å². The average molecular weight is 679 g/mol. The molecule has 1 rings (SSSR count). The molecular formula is C32H54N8O8. The Hall–Kier alpha value is -4.60. The lowest BCUT2D eigenvalue weighted by atomic mass is 10.0. The first-order valence-corrected chi connectivity index (χ1v) is 16.3. The molecule has 0 heterocycles. The number of nitrogens with zero attached hydrogens (tertiary/aromatic N) is 2. The number of amides is 7. The Bertz CT molecular complexity index is 1180. The summed E-state index contributed by atoms with van der Waals surface area (Å²) < 4.78 is 10.3. The average Bonchev–Trinajstić information content (AvgIpc) is 3.04. The summed E-state index contributed by atoms with van der Waals surface area (Å²) in [5.74, 6) is -1.50. The molecule has 0 saturated carbocycles. The molecule has 16 heteroatoms. The molecule has 1 aromatic carbocycles. The molecule has 0 aliphatic rings. The summed E-state index contributed by atoms with van der Waals surface area (Å²) in [6, 6.07) is 4.09. The number of primary amides is 1. The number of nitrogens with two attached hydrogens (primary N) is 2. The Morgan fingerprint density at radius 3 is 2.02 bits per heavy atom. The summed E-state index contributed by atoms with van der Waals surface area (Å²) in [4.78, 5) is 77.0. The van der Waals surface area contributed by atoms with Crippen molar-refractivity contribution in [1.29, 1.82) is 0 Å². The van der Waals surface area contributed by atoms with Crippen molar-refractivity contribution >= 4 is 41.6 Å². The molecule has 7 amide bonds. The number of carbonyl (C=O) groups is 6. The third kappa shape index (κ3) is 16.8. The van der Waals surface area contributed by atoms with Crippen LogP contribution < -0.4 is 32.7 Å². The van der Waals surface area contributed by atoms with Crippen LogP contribution in [0.15, 0.2) is 24.3 Å². The summed E-state index contributed by atoms with van der Waals surface area (Å²) in [7, 11) is 3.13. The molecule has 0 spiro atoms. The lowest BCUT2D eigenvalue weighted by Gasteiger charge is -2.25. The van der Waals surface area contributed by atoms with E-state index in [1.54, 1.807) is 59.1 Å². The number of benzene rings is 1. The van der Waals surface area contributed by atoms with Crippen LogP contribution in [0.1, 0.15) is 64.9 Å². The Morgan fingerprint density at radius 1 is 0.833 bits per heavy atom. The van der Waals surface area contributed by atoms with Crippen LogP contribution in [-0.4, -0.2) is 105 Å². The van der Waals surface area contributed by atoms with Crippen molar-refractivity contribution in [3.8, 4) is 0 Å². The van der Waals surface area contributed by atoms with E-state index in [-0.39, 0.29) is 57.5 Å². The molecule has 0 saturated heterocycles. The number of carbonyl (C=O) groups excluding carboxylic acids is 6. The van der Waals surface area contributed by atoms with E-state index in [9.17, 15) is 28.8 Å². The van der Waals surface area contributed by atoms with Crippen LogP contribution in [0.25, 0.3) is 0 Å². The fraction of sp³-hybridized carbons (Fsp3) is 0.625. The van der Waals surface area contributed by atoms with E-state index in [0.717, 1.165) is 12.8 Å². The highest BCUT2D eigenvalue weighted by atomic mass is 16.6. The third-order valence-corrected chi connectivity index (χ3v) is 7.22. The fourth-order valence-electron chi connectivity index (χ4n) is 4.32. The second-order valence-corrected chi connectivity index (χ2v) is 11.7. The van der Waals surface area contributed by atoms with E-state index in [1.807, 2.05) is 0 Å². The predicted molar refractivity (Wildman–Crippen MR) is 181 cm³/mol. The van der Waals surface area contributed by atoms with Gasteiger partial charge in [-0.1, -0.05) is 32.4 Å². The van der Waals surface area contributed by atoms with Gasteiger partial charge in [0.2, 0.25) is 17.7 Å². The lowest BCUT2D eigenvalue weighted by molar-refractivity contribution is -0.132. The van der Waals surface area contributed by atoms with Crippen LogP contribution in [0.5, 0.6) is 0 Å². The number of likely N-dealkylation sites (N-methyl/N-ethyl adjacent to an activating group) is 2. The smallest absolute Gasteiger partial charge is 0.409 e. The Morgan fingerprint density at radius 2 is 1.46 bits per heavy atom. The highest BCUT2D eigenvalue weighted by molar-refractivity contribution is 5.98. The van der Waals surface area contributed by atoms with Gasteiger partial charge in [0.1, 0.15) is 18.7 Å². The van der Waals surface area contributed by atoms with Crippen molar-refractivity contribution in [2.24, 2.45) is 17.4 Å². The molecule has 0 aliphatic carbocycles. The van der Waals surface area contributed by atoms with Crippen molar-refractivity contribution in [3.05, 3.63) is 29.8 Å². The van der Waals surface area contributed by atoms with Gasteiger partial charge in [0.05, 0.1) is 6.61 Å². The highest BCUT2D eigenvalue weighted by Gasteiger charge is 2.28. The van der Waals surface area contributed by atoms with Gasteiger partial charge in [0.25, 0.3) is 0 Å². The maximum absolute atomic E-state index is 13.3. The van der Waals surface area contributed by atoms with Gasteiger partial charge in [-0.25, -0.2) is 14.4 Å². The minimum absolute atomic E-state index is 0.0218. The molecule has 48 heavy (non-hydrogen) atoms. The van der Waals surface area contributed by atoms with E-state index in [2.05, 4.69) is 21.3 Å². The number of nitrogens with one attached hydrogen (secondary N) is 4. The zero-order valence-corrected chi connectivity index (χ0v) is 28.8. The molecule has 1 unspecified atom stereocenters. The lowest BCUT2D eigenvalue weighted by Crippen LogP contribution is -2.54. The number of rotatable bonds is 21. The topological polar surface area (TPSA) is 228 Å². The van der Waals surface area contributed by atoms with E-state index >= 15 is 0 Å². The summed E-state index contributed by atoms with van der Waals surface area (Å²) >= 11 is 0. The zero-order chi connectivity index (χ0) is 36.1. The maximum Gasteiger partial charge on any atom is 0.409 e. The molecule has 1 aromatic rings. The maximum atomic E-state index is 13.3. The first-order valence-electron chi connectivity index (χ1n) is 16.3. The van der Waals surface area contributed by atoms with E-state index in [0.29, 0.717) is 30.6 Å². The number of hydrogen-bond donors (Lipinski definition) is 6. The molecule has 2 atom stereocenters. The van der Waals surface area contributed by atoms with Gasteiger partial charge in [-0.05, 0) is 62.8 Å². The molecular weight excluding hydrogens is 624 g/mol. The number of hydrogen-bond acceptors (Lipinski definition) is 9. The number of urea groups is 1. The van der Waals surface area contributed by atoms with Gasteiger partial charge < -0.3 is 52.0 Å². The SMILES string of the molecule is CCOC(=O)N(C)CCN(C)C(=O)OCc1ccc(NC(=O)[C@@H](CCCNC(N)=O)NC(=O)C(NC(=O)CCCCCN)C(C)C)cc1. The first kappa shape index (κ1) is 41.4. The minimum atomic E-state index is -0.978. The molecule has 8 N–H and O–H groups in total. The number of anilines is 1. The standard InChI is InChI=1S/C32H54N8O8/c1-6-47-31(45)39(4)19-20-40(5)32(46)48-21-23-13-15-24(16-14-23)36-28(42)25(11-10-18-35-30(34)44)37-29(43)27(22(2)3)38-26(41)12-8-7-9-17-33/h13-16,22,25,27H,6-12,17-21,33H2,1-5H3,(H,36,42)(H,37,43)(H,38,41)(H3,34,35,44)/t25-,27?/m1/s1. The van der Waals surface area contributed by atoms with Crippen LogP contribution >= 0.6 is 0 Å². The third-order valence-electron chi connectivity index (χ3n) is 7.22. The molecule has 270 valence electrons. The van der Waals surface area contributed by atoms with Crippen molar-refractivity contribution in [2.45, 2.75) is 78.0 Å². The largest absolute Gasteiger partial charge is 0.450 e. The first-order chi connectivity index (χ1) is 22.8. The summed E-state index contributed by atoms with van der Waals surface area (Å²) in [5.41, 5.74) is 11.8. The van der Waals surface area contributed by atoms with Crippen molar-refractivity contribution in [3.63, 3.8) is 0 Å². The van der Waals surface area contributed by atoms with Crippen LogP contribution in [0.2, 0.25) is 0 Å². The fourth-order valence-corrected chi connectivity index (χ4v) is 4.32. The molecule has 0 fully saturated rings. The van der Waals surface area contributed by atoms with E-state index < -0.39 is 42.1 Å². The Balaban J connectivity index is 2.80. The van der Waals surface area contributed by atoms with Gasteiger partial charge in [0, 0.05) is 45.8 Å². The summed E-state index contributed by atoms with van der Waals surface area (Å²) in [6.07, 6.45) is 2.03. The van der Waals surface area contributed by atoms with E-state index in [1.165, 1.54) is 9.80 Å². The molecule has 0 aromatic heterocycles. The minimum Gasteiger partial charge on any atom is -0.450 e. The second-order valence-electron chi connectivity index (χ2n) is 11.7. The van der Waals surface area contributed by atoms with Crippen LogP contribution in [0.3, 0.4) is 0 Å². The monoisotopic (exact) mass is 678 g/mol. The van der Waals surface area contributed by atoms with Crippen LogP contribution in [0.4, 0.5) is 20.1 Å². The highest BCUT2D eigenvalue weighted by Crippen LogP contribution is 2.13. The second kappa shape index (κ2) is 22.8. The normalized spacial score (nSPS) is 11.9. The number of ether oxygens (including phenoxy) is 2. The quantitative estimate of drug-likeness (QED) is 0.104. The predicted octanol–water partition coefficient (Wildman–Crippen LogP) is 1.88. The molecule has 0 radical (unpaired) electrons. The van der Waals surface area contributed by atoms with E-state index in [4.69, 9.17) is 20.9 Å². The van der Waals surface area contributed by atoms with Gasteiger partial charge in [0.15, 0.2) is 0 Å². The Labute approximate surface area is 283 Å². The van der Waals surface area contributed by atoms with Crippen LogP contribution in [0, 0.1) is 5.92 Å². The number of unbranched alkanes of at least 4 members (excludes halogenated alkanes) is 2.